The van der Waals surface area contributed by atoms with Gasteiger partial charge in [-0.2, -0.15) is 0 Å². The Morgan fingerprint density at radius 3 is 2.92 bits per heavy atom. The molecule has 0 aliphatic carbocycles. The molecule has 1 N–H and O–H groups in total. The van der Waals surface area contributed by atoms with Crippen LogP contribution >= 0.6 is 22.9 Å². The van der Waals surface area contributed by atoms with Crippen molar-refractivity contribution in [2.45, 2.75) is 6.92 Å². The highest BCUT2D eigenvalue weighted by Gasteiger charge is 2.07. The topological polar surface area (TPSA) is 33.1 Å². The summed E-state index contributed by atoms with van der Waals surface area (Å²) in [5, 5.41) is 9.42. The lowest BCUT2D eigenvalue weighted by molar-refractivity contribution is 0.482. The summed E-state index contributed by atoms with van der Waals surface area (Å²) in [6.07, 6.45) is 0. The van der Waals surface area contributed by atoms with E-state index in [4.69, 9.17) is 11.6 Å². The molecule has 0 aliphatic rings. The Morgan fingerprint density at radius 2 is 2.25 bits per heavy atom. The average Bonchev–Trinajstić information content (AvgIpc) is 2.41. The minimum atomic E-state index is 0.250. The lowest BCUT2D eigenvalue weighted by Crippen LogP contribution is -1.75. The van der Waals surface area contributed by atoms with Gasteiger partial charge in [-0.3, -0.25) is 0 Å². The van der Waals surface area contributed by atoms with Crippen LogP contribution in [0.15, 0.2) is 12.1 Å². The van der Waals surface area contributed by atoms with Crippen LogP contribution in [-0.2, 0) is 0 Å². The molecular formula is C8H6ClNOS. The molecule has 1 aromatic heterocycles. The summed E-state index contributed by atoms with van der Waals surface area (Å²) in [6, 6.07) is 3.49. The highest BCUT2D eigenvalue weighted by Crippen LogP contribution is 2.34. The number of fused-ring (bicyclic) bond motifs is 1. The van der Waals surface area contributed by atoms with Crippen LogP contribution in [0.3, 0.4) is 0 Å². The lowest BCUT2D eigenvalue weighted by Gasteiger charge is -1.95. The van der Waals surface area contributed by atoms with Crippen molar-refractivity contribution in [1.29, 1.82) is 0 Å². The van der Waals surface area contributed by atoms with Gasteiger partial charge in [-0.15, -0.1) is 0 Å². The number of benzene rings is 1. The fraction of sp³-hybridized carbons (Fsp3) is 0.125. The van der Waals surface area contributed by atoms with Gasteiger partial charge in [0.25, 0.3) is 0 Å². The maximum atomic E-state index is 9.42. The highest BCUT2D eigenvalue weighted by molar-refractivity contribution is 7.22. The van der Waals surface area contributed by atoms with Crippen molar-refractivity contribution in [3.8, 4) is 5.75 Å². The predicted molar refractivity (Wildman–Crippen MR) is 51.0 cm³/mol. The largest absolute Gasteiger partial charge is 0.506 e. The van der Waals surface area contributed by atoms with E-state index in [0.29, 0.717) is 4.47 Å². The fourth-order valence-corrected chi connectivity index (χ4v) is 2.19. The van der Waals surface area contributed by atoms with Crippen molar-refractivity contribution < 1.29 is 5.11 Å². The number of rotatable bonds is 0. The van der Waals surface area contributed by atoms with Crippen molar-refractivity contribution in [1.82, 2.24) is 4.98 Å². The molecule has 0 saturated carbocycles. The van der Waals surface area contributed by atoms with Gasteiger partial charge in [0.1, 0.15) is 5.75 Å². The van der Waals surface area contributed by atoms with Gasteiger partial charge in [-0.1, -0.05) is 29.0 Å². The number of phenolic OH excluding ortho intramolecular Hbond substituents is 1. The smallest absolute Gasteiger partial charge is 0.184 e. The molecular weight excluding hydrogens is 194 g/mol. The molecule has 12 heavy (non-hydrogen) atoms. The Labute approximate surface area is 78.4 Å². The number of aromatic hydroxyl groups is 1. The van der Waals surface area contributed by atoms with Gasteiger partial charge in [0.15, 0.2) is 4.47 Å². The third kappa shape index (κ3) is 1.06. The first-order valence-corrected chi connectivity index (χ1v) is 4.62. The van der Waals surface area contributed by atoms with Crippen molar-refractivity contribution >= 4 is 33.2 Å². The molecule has 0 fully saturated rings. The Morgan fingerprint density at radius 1 is 1.50 bits per heavy atom. The van der Waals surface area contributed by atoms with Crippen LogP contribution in [0.1, 0.15) is 5.56 Å². The first-order valence-electron chi connectivity index (χ1n) is 3.43. The minimum Gasteiger partial charge on any atom is -0.506 e. The Bertz CT molecular complexity index is 399. The van der Waals surface area contributed by atoms with E-state index >= 15 is 0 Å². The first-order chi connectivity index (χ1) is 5.68. The molecule has 0 unspecified atom stereocenters. The number of aryl methyl sites for hydroxylation is 1. The number of halogens is 1. The zero-order valence-electron chi connectivity index (χ0n) is 6.34. The molecule has 0 amide bonds. The van der Waals surface area contributed by atoms with E-state index in [0.717, 1.165) is 15.8 Å². The van der Waals surface area contributed by atoms with Crippen LogP contribution in [0.5, 0.6) is 5.75 Å². The third-order valence-electron chi connectivity index (χ3n) is 1.70. The third-order valence-corrected chi connectivity index (χ3v) is 2.88. The number of thiazole rings is 1. The van der Waals surface area contributed by atoms with E-state index < -0.39 is 0 Å². The van der Waals surface area contributed by atoms with E-state index in [1.807, 2.05) is 13.0 Å². The first kappa shape index (κ1) is 7.83. The van der Waals surface area contributed by atoms with E-state index in [1.165, 1.54) is 11.3 Å². The van der Waals surface area contributed by atoms with Crippen LogP contribution in [-0.4, -0.2) is 10.1 Å². The Kier molecular flexibility index (Phi) is 1.70. The van der Waals surface area contributed by atoms with Gasteiger partial charge in [0, 0.05) is 0 Å². The van der Waals surface area contributed by atoms with Crippen LogP contribution in [0, 0.1) is 6.92 Å². The predicted octanol–water partition coefficient (Wildman–Crippen LogP) is 2.96. The molecule has 0 atom stereocenters. The van der Waals surface area contributed by atoms with Crippen molar-refractivity contribution in [2.75, 3.05) is 0 Å². The lowest BCUT2D eigenvalue weighted by atomic mass is 10.2. The minimum absolute atomic E-state index is 0.250. The van der Waals surface area contributed by atoms with Gasteiger partial charge in [0.05, 0.1) is 10.2 Å². The summed E-state index contributed by atoms with van der Waals surface area (Å²) >= 11 is 7.02. The Balaban J connectivity index is 2.93. The van der Waals surface area contributed by atoms with Gasteiger partial charge in [-0.05, 0) is 18.6 Å². The second-order valence-corrected chi connectivity index (χ2v) is 4.13. The molecule has 2 aromatic rings. The van der Waals surface area contributed by atoms with E-state index in [9.17, 15) is 5.11 Å². The van der Waals surface area contributed by atoms with Gasteiger partial charge in [0.2, 0.25) is 0 Å². The fourth-order valence-electron chi connectivity index (χ4n) is 1.09. The molecule has 0 spiro atoms. The second-order valence-electron chi connectivity index (χ2n) is 2.55. The maximum absolute atomic E-state index is 9.42. The number of aromatic nitrogens is 1. The molecule has 1 heterocycles. The number of phenols is 1. The van der Waals surface area contributed by atoms with Crippen LogP contribution in [0.4, 0.5) is 0 Å². The molecule has 62 valence electrons. The monoisotopic (exact) mass is 199 g/mol. The number of hydrogen-bond donors (Lipinski definition) is 1. The molecule has 2 rings (SSSR count). The normalized spacial score (nSPS) is 10.8. The van der Waals surface area contributed by atoms with E-state index in [2.05, 4.69) is 4.98 Å². The van der Waals surface area contributed by atoms with E-state index in [-0.39, 0.29) is 5.75 Å². The maximum Gasteiger partial charge on any atom is 0.184 e. The molecule has 0 saturated heterocycles. The zero-order chi connectivity index (χ0) is 8.72. The number of hydrogen-bond acceptors (Lipinski definition) is 3. The molecule has 4 heteroatoms. The second kappa shape index (κ2) is 2.61. The molecule has 2 nitrogen and oxygen atoms in total. The molecule has 0 radical (unpaired) electrons. The Hall–Kier alpha value is -0.800. The van der Waals surface area contributed by atoms with Gasteiger partial charge >= 0.3 is 0 Å². The number of nitrogens with zero attached hydrogens (tertiary/aromatic N) is 1. The summed E-state index contributed by atoms with van der Waals surface area (Å²) in [6.45, 7) is 1.94. The van der Waals surface area contributed by atoms with Crippen LogP contribution in [0.2, 0.25) is 4.47 Å². The van der Waals surface area contributed by atoms with Crippen molar-refractivity contribution in [3.63, 3.8) is 0 Å². The SMILES string of the molecule is Cc1ccc(O)c2sc(Cl)nc12. The zero-order valence-corrected chi connectivity index (χ0v) is 7.91. The summed E-state index contributed by atoms with van der Waals surface area (Å²) in [7, 11) is 0. The summed E-state index contributed by atoms with van der Waals surface area (Å²) in [4.78, 5) is 4.10. The summed E-state index contributed by atoms with van der Waals surface area (Å²) < 4.78 is 1.23. The van der Waals surface area contributed by atoms with Gasteiger partial charge < -0.3 is 5.11 Å². The molecule has 1 aromatic carbocycles. The highest BCUT2D eigenvalue weighted by atomic mass is 35.5. The quantitative estimate of drug-likeness (QED) is 0.708. The molecule has 0 bridgehead atoms. The van der Waals surface area contributed by atoms with E-state index in [1.54, 1.807) is 6.07 Å². The van der Waals surface area contributed by atoms with Crippen molar-refractivity contribution in [2.24, 2.45) is 0 Å². The summed E-state index contributed by atoms with van der Waals surface area (Å²) in [5.41, 5.74) is 1.83. The van der Waals surface area contributed by atoms with Crippen molar-refractivity contribution in [3.05, 3.63) is 22.2 Å². The van der Waals surface area contributed by atoms with Crippen LogP contribution < -0.4 is 0 Å². The average molecular weight is 200 g/mol. The van der Waals surface area contributed by atoms with Gasteiger partial charge in [-0.25, -0.2) is 4.98 Å². The summed E-state index contributed by atoms with van der Waals surface area (Å²) in [5.74, 6) is 0.250. The molecule has 0 aliphatic heterocycles. The standard InChI is InChI=1S/C8H6ClNOS/c1-4-2-3-5(11)7-6(4)10-8(9)12-7/h2-3,11H,1H3. The van der Waals surface area contributed by atoms with Crippen LogP contribution in [0.25, 0.3) is 10.2 Å².